The summed E-state index contributed by atoms with van der Waals surface area (Å²) in [4.78, 5) is 25.0. The first kappa shape index (κ1) is 19.3. The number of esters is 2. The van der Waals surface area contributed by atoms with Crippen LogP contribution in [0, 0.1) is 0 Å². The molecule has 0 aromatic heterocycles. The van der Waals surface area contributed by atoms with Gasteiger partial charge in [-0.05, 0) is 23.8 Å². The first-order valence-corrected chi connectivity index (χ1v) is 9.61. The number of cyclic esters (lactones) is 2. The zero-order chi connectivity index (χ0) is 19.4. The number of rotatable bonds is 5. The third-order valence-corrected chi connectivity index (χ3v) is 5.21. The highest BCUT2D eigenvalue weighted by Crippen LogP contribution is 2.32. The summed E-state index contributed by atoms with van der Waals surface area (Å²) in [6, 6.07) is 15.2. The maximum atomic E-state index is 12.0. The van der Waals surface area contributed by atoms with Crippen LogP contribution in [0.5, 0.6) is 0 Å². The van der Waals surface area contributed by atoms with Crippen molar-refractivity contribution in [3.63, 3.8) is 0 Å². The number of carbonyl (C=O) groups excluding carboxylic acids is 2. The van der Waals surface area contributed by atoms with Gasteiger partial charge in [0.2, 0.25) is 0 Å². The molecular weight excluding hydrogens is 386 g/mol. The van der Waals surface area contributed by atoms with Crippen molar-refractivity contribution in [3.05, 3.63) is 70.9 Å². The number of hydrogen-bond acceptors (Lipinski definition) is 6. The number of carbonyl (C=O) groups is 2. The fraction of sp³-hybridized carbons (Fsp3) is 0.200. The Kier molecular flexibility index (Phi) is 5.77. The van der Waals surface area contributed by atoms with Gasteiger partial charge in [0.1, 0.15) is 0 Å². The SMILES string of the molecule is CC1(C)OC(=O)C(=CNc2ccccc2SCc2ccccc2Cl)C(=O)O1. The molecule has 27 heavy (non-hydrogen) atoms. The maximum absolute atomic E-state index is 12.0. The third-order valence-electron chi connectivity index (χ3n) is 3.72. The Morgan fingerprint density at radius 2 is 1.67 bits per heavy atom. The van der Waals surface area contributed by atoms with Crippen LogP contribution in [0.3, 0.4) is 0 Å². The molecule has 1 aliphatic heterocycles. The highest BCUT2D eigenvalue weighted by molar-refractivity contribution is 7.98. The standard InChI is InChI=1S/C20H18ClNO4S/c1-20(2)25-18(23)14(19(24)26-20)11-22-16-9-5-6-10-17(16)27-12-13-7-3-4-8-15(13)21/h3-11,22H,12H2,1-2H3. The molecule has 1 heterocycles. The summed E-state index contributed by atoms with van der Waals surface area (Å²) in [5.74, 6) is -2.00. The molecule has 3 rings (SSSR count). The lowest BCUT2D eigenvalue weighted by molar-refractivity contribution is -0.222. The van der Waals surface area contributed by atoms with Gasteiger partial charge in [0.05, 0.1) is 5.69 Å². The van der Waals surface area contributed by atoms with Gasteiger partial charge in [-0.1, -0.05) is 41.9 Å². The number of hydrogen-bond donors (Lipinski definition) is 1. The van der Waals surface area contributed by atoms with Crippen molar-refractivity contribution in [2.24, 2.45) is 0 Å². The molecular formula is C20H18ClNO4S. The van der Waals surface area contributed by atoms with Crippen LogP contribution in [-0.2, 0) is 24.8 Å². The van der Waals surface area contributed by atoms with Crippen molar-refractivity contribution in [2.45, 2.75) is 30.3 Å². The van der Waals surface area contributed by atoms with E-state index in [4.69, 9.17) is 21.1 Å². The average molecular weight is 404 g/mol. The van der Waals surface area contributed by atoms with Crippen molar-refractivity contribution >= 4 is 41.0 Å². The van der Waals surface area contributed by atoms with Gasteiger partial charge in [-0.3, -0.25) is 0 Å². The molecule has 2 aromatic rings. The first-order valence-electron chi connectivity index (χ1n) is 8.24. The van der Waals surface area contributed by atoms with Gasteiger partial charge in [0, 0.05) is 35.7 Å². The Labute approximate surface area is 166 Å². The Balaban J connectivity index is 1.74. The molecule has 140 valence electrons. The molecule has 1 N–H and O–H groups in total. The number of ether oxygens (including phenoxy) is 2. The Bertz CT molecular complexity index is 888. The van der Waals surface area contributed by atoms with Crippen LogP contribution in [0.15, 0.2) is 65.2 Å². The molecule has 7 heteroatoms. The Hall–Kier alpha value is -2.44. The topological polar surface area (TPSA) is 64.6 Å². The molecule has 1 aliphatic rings. The molecule has 2 aromatic carbocycles. The maximum Gasteiger partial charge on any atom is 0.350 e. The van der Waals surface area contributed by atoms with Crippen molar-refractivity contribution in [1.82, 2.24) is 0 Å². The first-order chi connectivity index (χ1) is 12.9. The molecule has 0 bridgehead atoms. The minimum atomic E-state index is -1.26. The van der Waals surface area contributed by atoms with Crippen LogP contribution in [0.4, 0.5) is 5.69 Å². The zero-order valence-corrected chi connectivity index (χ0v) is 16.4. The normalized spacial score (nSPS) is 15.7. The summed E-state index contributed by atoms with van der Waals surface area (Å²) in [7, 11) is 0. The molecule has 0 unspecified atom stereocenters. The summed E-state index contributed by atoms with van der Waals surface area (Å²) >= 11 is 7.80. The van der Waals surface area contributed by atoms with Gasteiger partial charge in [0.25, 0.3) is 5.79 Å². The fourth-order valence-corrected chi connectivity index (χ4v) is 3.71. The van der Waals surface area contributed by atoms with E-state index in [1.54, 1.807) is 11.8 Å². The Morgan fingerprint density at radius 1 is 1.04 bits per heavy atom. The second-order valence-electron chi connectivity index (χ2n) is 6.26. The van der Waals surface area contributed by atoms with Gasteiger partial charge in [0.15, 0.2) is 5.57 Å². The quantitative estimate of drug-likeness (QED) is 0.336. The van der Waals surface area contributed by atoms with E-state index in [0.29, 0.717) is 10.8 Å². The van der Waals surface area contributed by atoms with Gasteiger partial charge >= 0.3 is 11.9 Å². The molecule has 1 saturated heterocycles. The second kappa shape index (κ2) is 8.06. The minimum absolute atomic E-state index is 0.180. The average Bonchev–Trinajstić information content (AvgIpc) is 2.60. The number of halogens is 1. The lowest BCUT2D eigenvalue weighted by Gasteiger charge is -2.29. The third kappa shape index (κ3) is 4.84. The van der Waals surface area contributed by atoms with E-state index in [-0.39, 0.29) is 5.57 Å². The van der Waals surface area contributed by atoms with Crippen molar-refractivity contribution < 1.29 is 19.1 Å². The Morgan fingerprint density at radius 3 is 2.37 bits per heavy atom. The minimum Gasteiger partial charge on any atom is -0.419 e. The molecule has 0 saturated carbocycles. The van der Waals surface area contributed by atoms with Crippen LogP contribution >= 0.6 is 23.4 Å². The van der Waals surface area contributed by atoms with E-state index < -0.39 is 17.7 Å². The lowest BCUT2D eigenvalue weighted by Crippen LogP contribution is -2.42. The summed E-state index contributed by atoms with van der Waals surface area (Å²) in [6.07, 6.45) is 1.31. The fourth-order valence-electron chi connectivity index (χ4n) is 2.41. The lowest BCUT2D eigenvalue weighted by atomic mass is 10.2. The molecule has 1 fully saturated rings. The summed E-state index contributed by atoms with van der Waals surface area (Å²) in [5.41, 5.74) is 1.60. The van der Waals surface area contributed by atoms with E-state index in [9.17, 15) is 9.59 Å². The van der Waals surface area contributed by atoms with Crippen LogP contribution in [0.25, 0.3) is 0 Å². The van der Waals surface area contributed by atoms with Crippen molar-refractivity contribution in [3.8, 4) is 0 Å². The molecule has 0 spiro atoms. The predicted molar refractivity (Wildman–Crippen MR) is 105 cm³/mol. The van der Waals surface area contributed by atoms with Gasteiger partial charge in [-0.25, -0.2) is 9.59 Å². The molecule has 5 nitrogen and oxygen atoms in total. The van der Waals surface area contributed by atoms with Crippen molar-refractivity contribution in [1.29, 1.82) is 0 Å². The van der Waals surface area contributed by atoms with E-state index in [0.717, 1.165) is 16.1 Å². The second-order valence-corrected chi connectivity index (χ2v) is 7.68. The van der Waals surface area contributed by atoms with Crippen LogP contribution in [-0.4, -0.2) is 17.7 Å². The van der Waals surface area contributed by atoms with Gasteiger partial charge < -0.3 is 14.8 Å². The number of para-hydroxylation sites is 1. The van der Waals surface area contributed by atoms with E-state index in [1.807, 2.05) is 48.5 Å². The zero-order valence-electron chi connectivity index (χ0n) is 14.8. The number of thioether (sulfide) groups is 1. The van der Waals surface area contributed by atoms with Gasteiger partial charge in [-0.2, -0.15) is 0 Å². The summed E-state index contributed by atoms with van der Waals surface area (Å²) in [6.45, 7) is 3.02. The monoisotopic (exact) mass is 403 g/mol. The molecule has 0 aliphatic carbocycles. The van der Waals surface area contributed by atoms with Crippen molar-refractivity contribution in [2.75, 3.05) is 5.32 Å². The van der Waals surface area contributed by atoms with Gasteiger partial charge in [-0.15, -0.1) is 11.8 Å². The smallest absolute Gasteiger partial charge is 0.350 e. The highest BCUT2D eigenvalue weighted by Gasteiger charge is 2.38. The molecule has 0 radical (unpaired) electrons. The predicted octanol–water partition coefficient (Wildman–Crippen LogP) is 4.76. The molecule has 0 atom stereocenters. The number of nitrogens with one attached hydrogen (secondary N) is 1. The van der Waals surface area contributed by atoms with Crippen LogP contribution in [0.2, 0.25) is 5.02 Å². The van der Waals surface area contributed by atoms with E-state index >= 15 is 0 Å². The largest absolute Gasteiger partial charge is 0.419 e. The summed E-state index contributed by atoms with van der Waals surface area (Å²) < 4.78 is 10.2. The van der Waals surface area contributed by atoms with Crippen LogP contribution in [0.1, 0.15) is 19.4 Å². The molecule has 0 amide bonds. The highest BCUT2D eigenvalue weighted by atomic mass is 35.5. The van der Waals surface area contributed by atoms with E-state index in [2.05, 4.69) is 5.32 Å². The summed E-state index contributed by atoms with van der Waals surface area (Å²) in [5, 5.41) is 3.72. The van der Waals surface area contributed by atoms with E-state index in [1.165, 1.54) is 20.0 Å². The number of benzene rings is 2. The van der Waals surface area contributed by atoms with Crippen LogP contribution < -0.4 is 5.32 Å². The number of anilines is 1.